The molecule has 0 saturated carbocycles. The normalized spacial score (nSPS) is 16.5. The molecule has 7 heteroatoms. The van der Waals surface area contributed by atoms with E-state index in [1.54, 1.807) is 19.1 Å². The number of nitrogens with one attached hydrogen (secondary N) is 1. The van der Waals surface area contributed by atoms with Gasteiger partial charge in [-0.05, 0) is 67.1 Å². The van der Waals surface area contributed by atoms with Gasteiger partial charge in [0, 0.05) is 63.1 Å². The molecule has 3 aromatic rings. The smallest absolute Gasteiger partial charge is 0.225 e. The number of benzene rings is 3. The van der Waals surface area contributed by atoms with Crippen LogP contribution in [-0.4, -0.2) is 56.0 Å². The van der Waals surface area contributed by atoms with Gasteiger partial charge < -0.3 is 20.0 Å². The maximum Gasteiger partial charge on any atom is 0.225 e. The van der Waals surface area contributed by atoms with Gasteiger partial charge in [0.15, 0.2) is 0 Å². The molecular formula is C33H39FN4O2. The lowest BCUT2D eigenvalue weighted by Crippen LogP contribution is -2.48. The molecule has 0 aliphatic carbocycles. The number of carbonyl (C=O) groups is 2. The summed E-state index contributed by atoms with van der Waals surface area (Å²) in [6, 6.07) is 21.1. The van der Waals surface area contributed by atoms with Crippen molar-refractivity contribution in [3.63, 3.8) is 0 Å². The molecule has 0 radical (unpaired) electrons. The van der Waals surface area contributed by atoms with E-state index in [1.165, 1.54) is 18.1 Å². The standard InChI is InChI=1S/C33H39FN4O2/c1-24-11-13-29(31(21-24)38-15-7-4-8-16-38)33(26-9-5-3-6-10-26)35-32(40)23-27-22-28(12-14-30(27)34)37-19-17-36(18-20-37)25(2)39/h3,5-6,9-14,21-22,33H,4,7-8,15-20,23H2,1-2H3,(H,35,40). The minimum Gasteiger partial charge on any atom is -0.371 e. The summed E-state index contributed by atoms with van der Waals surface area (Å²) in [6.45, 7) is 8.32. The van der Waals surface area contributed by atoms with Crippen LogP contribution in [0.4, 0.5) is 15.8 Å². The summed E-state index contributed by atoms with van der Waals surface area (Å²) >= 11 is 0. The van der Waals surface area contributed by atoms with Crippen molar-refractivity contribution < 1.29 is 14.0 Å². The van der Waals surface area contributed by atoms with E-state index in [-0.39, 0.29) is 30.1 Å². The molecule has 2 amide bonds. The number of halogens is 1. The van der Waals surface area contributed by atoms with Crippen LogP contribution in [0.15, 0.2) is 66.7 Å². The SMILES string of the molecule is CC(=O)N1CCN(c2ccc(F)c(CC(=O)NC(c3ccccc3)c3ccc(C)cc3N3CCCCC3)c2)CC1. The van der Waals surface area contributed by atoms with Gasteiger partial charge in [-0.25, -0.2) is 4.39 Å². The van der Waals surface area contributed by atoms with Crippen molar-refractivity contribution in [1.82, 2.24) is 10.2 Å². The van der Waals surface area contributed by atoms with Crippen LogP contribution in [0.2, 0.25) is 0 Å². The number of piperazine rings is 1. The molecule has 6 nitrogen and oxygen atoms in total. The molecule has 2 aliphatic heterocycles. The first-order valence-electron chi connectivity index (χ1n) is 14.4. The highest BCUT2D eigenvalue weighted by Gasteiger charge is 2.25. The Kier molecular flexibility index (Phi) is 8.68. The third kappa shape index (κ3) is 6.46. The Bertz CT molecular complexity index is 1330. The third-order valence-corrected chi connectivity index (χ3v) is 8.10. The fraction of sp³-hybridized carbons (Fsp3) is 0.394. The maximum atomic E-state index is 14.9. The Morgan fingerprint density at radius 1 is 0.850 bits per heavy atom. The van der Waals surface area contributed by atoms with Crippen molar-refractivity contribution >= 4 is 23.2 Å². The highest BCUT2D eigenvalue weighted by molar-refractivity contribution is 5.80. The first-order chi connectivity index (χ1) is 19.4. The molecule has 1 atom stereocenters. The number of carbonyl (C=O) groups excluding carboxylic acids is 2. The van der Waals surface area contributed by atoms with Crippen molar-refractivity contribution in [2.24, 2.45) is 0 Å². The molecule has 1 N–H and O–H groups in total. The molecule has 2 heterocycles. The summed E-state index contributed by atoms with van der Waals surface area (Å²) in [5.41, 5.74) is 5.64. The van der Waals surface area contributed by atoms with Crippen molar-refractivity contribution in [2.45, 2.75) is 45.6 Å². The van der Waals surface area contributed by atoms with E-state index in [0.717, 1.165) is 48.4 Å². The van der Waals surface area contributed by atoms with E-state index in [9.17, 15) is 14.0 Å². The van der Waals surface area contributed by atoms with Crippen molar-refractivity contribution in [3.05, 3.63) is 94.8 Å². The average molecular weight is 543 g/mol. The molecule has 210 valence electrons. The Morgan fingerprint density at radius 2 is 1.57 bits per heavy atom. The number of aryl methyl sites for hydroxylation is 1. The summed E-state index contributed by atoms with van der Waals surface area (Å²) < 4.78 is 14.9. The molecule has 1 unspecified atom stereocenters. The Hall–Kier alpha value is -3.87. The summed E-state index contributed by atoms with van der Waals surface area (Å²) in [5, 5.41) is 3.25. The van der Waals surface area contributed by atoms with E-state index < -0.39 is 0 Å². The van der Waals surface area contributed by atoms with Crippen LogP contribution in [0, 0.1) is 12.7 Å². The Labute approximate surface area is 236 Å². The number of rotatable bonds is 7. The third-order valence-electron chi connectivity index (χ3n) is 8.10. The molecule has 2 aliphatic rings. The minimum atomic E-state index is -0.387. The lowest BCUT2D eigenvalue weighted by Gasteiger charge is -2.35. The van der Waals surface area contributed by atoms with Crippen LogP contribution < -0.4 is 15.1 Å². The number of nitrogens with zero attached hydrogens (tertiary/aromatic N) is 3. The molecule has 5 rings (SSSR count). The molecule has 2 fully saturated rings. The van der Waals surface area contributed by atoms with Crippen LogP contribution in [0.25, 0.3) is 0 Å². The zero-order valence-corrected chi connectivity index (χ0v) is 23.5. The largest absolute Gasteiger partial charge is 0.371 e. The summed E-state index contributed by atoms with van der Waals surface area (Å²) in [6.07, 6.45) is 3.51. The fourth-order valence-corrected chi connectivity index (χ4v) is 5.85. The van der Waals surface area contributed by atoms with Gasteiger partial charge in [0.1, 0.15) is 5.82 Å². The molecular weight excluding hydrogens is 503 g/mol. The van der Waals surface area contributed by atoms with Gasteiger partial charge >= 0.3 is 0 Å². The van der Waals surface area contributed by atoms with Gasteiger partial charge in [-0.2, -0.15) is 0 Å². The minimum absolute atomic E-state index is 0.0542. The average Bonchev–Trinajstić information content (AvgIpc) is 2.98. The lowest BCUT2D eigenvalue weighted by atomic mass is 9.94. The lowest BCUT2D eigenvalue weighted by molar-refractivity contribution is -0.129. The molecule has 3 aromatic carbocycles. The predicted octanol–water partition coefficient (Wildman–Crippen LogP) is 5.24. The number of hydrogen-bond donors (Lipinski definition) is 1. The van der Waals surface area contributed by atoms with Crippen LogP contribution in [0.5, 0.6) is 0 Å². The van der Waals surface area contributed by atoms with Crippen LogP contribution >= 0.6 is 0 Å². The highest BCUT2D eigenvalue weighted by Crippen LogP contribution is 2.34. The summed E-state index contributed by atoms with van der Waals surface area (Å²) in [4.78, 5) is 31.6. The predicted molar refractivity (Wildman–Crippen MR) is 158 cm³/mol. The van der Waals surface area contributed by atoms with Gasteiger partial charge in [-0.3, -0.25) is 9.59 Å². The van der Waals surface area contributed by atoms with E-state index in [4.69, 9.17) is 0 Å². The summed E-state index contributed by atoms with van der Waals surface area (Å²) in [5.74, 6) is -0.542. The van der Waals surface area contributed by atoms with Crippen molar-refractivity contribution in [2.75, 3.05) is 49.1 Å². The van der Waals surface area contributed by atoms with E-state index >= 15 is 0 Å². The Morgan fingerprint density at radius 3 is 2.27 bits per heavy atom. The van der Waals surface area contributed by atoms with Gasteiger partial charge in [-0.1, -0.05) is 42.5 Å². The maximum absolute atomic E-state index is 14.9. The number of piperidine rings is 1. The van der Waals surface area contributed by atoms with Crippen molar-refractivity contribution in [3.8, 4) is 0 Å². The zero-order chi connectivity index (χ0) is 28.1. The highest BCUT2D eigenvalue weighted by atomic mass is 19.1. The topological polar surface area (TPSA) is 55.9 Å². The molecule has 0 bridgehead atoms. The first kappa shape index (κ1) is 27.7. The summed E-state index contributed by atoms with van der Waals surface area (Å²) in [7, 11) is 0. The molecule has 40 heavy (non-hydrogen) atoms. The number of anilines is 2. The second-order valence-corrected chi connectivity index (χ2v) is 11.0. The zero-order valence-electron chi connectivity index (χ0n) is 23.5. The second kappa shape index (κ2) is 12.5. The molecule has 0 aromatic heterocycles. The Balaban J connectivity index is 1.38. The second-order valence-electron chi connectivity index (χ2n) is 11.0. The van der Waals surface area contributed by atoms with Gasteiger partial charge in [0.25, 0.3) is 0 Å². The van der Waals surface area contributed by atoms with Crippen molar-refractivity contribution in [1.29, 1.82) is 0 Å². The van der Waals surface area contributed by atoms with Gasteiger partial charge in [0.2, 0.25) is 11.8 Å². The van der Waals surface area contributed by atoms with E-state index in [0.29, 0.717) is 31.7 Å². The van der Waals surface area contributed by atoms with Crippen LogP contribution in [-0.2, 0) is 16.0 Å². The quantitative estimate of drug-likeness (QED) is 0.444. The van der Waals surface area contributed by atoms with Gasteiger partial charge in [0.05, 0.1) is 12.5 Å². The van der Waals surface area contributed by atoms with E-state index in [2.05, 4.69) is 40.2 Å². The number of amides is 2. The number of hydrogen-bond acceptors (Lipinski definition) is 4. The van der Waals surface area contributed by atoms with Crippen LogP contribution in [0.3, 0.4) is 0 Å². The van der Waals surface area contributed by atoms with Crippen LogP contribution in [0.1, 0.15) is 54.5 Å². The van der Waals surface area contributed by atoms with E-state index in [1.807, 2.05) is 35.2 Å². The monoisotopic (exact) mass is 542 g/mol. The first-order valence-corrected chi connectivity index (χ1v) is 14.4. The fourth-order valence-electron chi connectivity index (χ4n) is 5.85. The van der Waals surface area contributed by atoms with Gasteiger partial charge in [-0.15, -0.1) is 0 Å². The molecule has 2 saturated heterocycles. The molecule has 0 spiro atoms.